The maximum atomic E-state index is 11.9. The summed E-state index contributed by atoms with van der Waals surface area (Å²) in [5, 5.41) is 5.75. The zero-order valence-electron chi connectivity index (χ0n) is 12.3. The van der Waals surface area contributed by atoms with Crippen molar-refractivity contribution in [3.05, 3.63) is 0 Å². The van der Waals surface area contributed by atoms with E-state index in [1.807, 2.05) is 20.8 Å². The van der Waals surface area contributed by atoms with Crippen LogP contribution < -0.4 is 10.6 Å². The minimum Gasteiger partial charge on any atom is -0.450 e. The number of likely N-dealkylation sites (tertiary alicyclic amines) is 1. The highest BCUT2D eigenvalue weighted by atomic mass is 16.5. The topological polar surface area (TPSA) is 70.7 Å². The Kier molecular flexibility index (Phi) is 5.44. The summed E-state index contributed by atoms with van der Waals surface area (Å²) in [5.74, 6) is 0. The molecule has 1 aliphatic rings. The van der Waals surface area contributed by atoms with Gasteiger partial charge in [0.15, 0.2) is 0 Å². The summed E-state index contributed by atoms with van der Waals surface area (Å²) in [6.07, 6.45) is 1.15. The molecular formula is C13H25N3O3. The number of rotatable bonds is 2. The molecule has 1 heterocycles. The molecule has 3 amide bonds. The first-order valence-electron chi connectivity index (χ1n) is 6.82. The Morgan fingerprint density at radius 1 is 1.26 bits per heavy atom. The highest BCUT2D eigenvalue weighted by molar-refractivity contribution is 5.75. The number of amides is 3. The van der Waals surface area contributed by atoms with E-state index in [4.69, 9.17) is 4.74 Å². The van der Waals surface area contributed by atoms with Crippen LogP contribution in [-0.2, 0) is 4.74 Å². The normalized spacial score (nSPS) is 16.9. The molecule has 1 saturated heterocycles. The number of hydrogen-bond acceptors (Lipinski definition) is 3. The number of urea groups is 1. The molecule has 0 unspecified atom stereocenters. The molecule has 2 N–H and O–H groups in total. The van der Waals surface area contributed by atoms with E-state index in [0.717, 1.165) is 12.8 Å². The van der Waals surface area contributed by atoms with Gasteiger partial charge in [-0.3, -0.25) is 0 Å². The van der Waals surface area contributed by atoms with E-state index in [2.05, 4.69) is 10.6 Å². The Morgan fingerprint density at radius 2 is 1.84 bits per heavy atom. The van der Waals surface area contributed by atoms with Crippen molar-refractivity contribution < 1.29 is 14.3 Å². The number of piperidine rings is 1. The Labute approximate surface area is 114 Å². The first kappa shape index (κ1) is 15.6. The third-order valence-corrected chi connectivity index (χ3v) is 2.86. The van der Waals surface area contributed by atoms with Crippen molar-refractivity contribution >= 4 is 12.1 Å². The van der Waals surface area contributed by atoms with Crippen molar-refractivity contribution in [2.24, 2.45) is 0 Å². The van der Waals surface area contributed by atoms with Gasteiger partial charge in [-0.05, 0) is 40.5 Å². The van der Waals surface area contributed by atoms with Gasteiger partial charge < -0.3 is 20.3 Å². The predicted molar refractivity (Wildman–Crippen MR) is 73.0 cm³/mol. The van der Waals surface area contributed by atoms with Gasteiger partial charge in [0, 0.05) is 24.7 Å². The highest BCUT2D eigenvalue weighted by Crippen LogP contribution is 2.12. The average Bonchev–Trinajstić information content (AvgIpc) is 2.27. The van der Waals surface area contributed by atoms with Crippen molar-refractivity contribution in [1.29, 1.82) is 0 Å². The van der Waals surface area contributed by atoms with Gasteiger partial charge in [-0.25, -0.2) is 9.59 Å². The summed E-state index contributed by atoms with van der Waals surface area (Å²) in [4.78, 5) is 25.0. The zero-order chi connectivity index (χ0) is 14.5. The number of nitrogens with zero attached hydrogens (tertiary/aromatic N) is 1. The van der Waals surface area contributed by atoms with Gasteiger partial charge >= 0.3 is 12.1 Å². The van der Waals surface area contributed by atoms with Crippen molar-refractivity contribution in [2.45, 2.75) is 52.1 Å². The molecule has 0 radical (unpaired) electrons. The molecule has 6 nitrogen and oxygen atoms in total. The van der Waals surface area contributed by atoms with Crippen LogP contribution in [0.1, 0.15) is 40.5 Å². The molecule has 110 valence electrons. The van der Waals surface area contributed by atoms with E-state index in [1.54, 1.807) is 11.8 Å². The van der Waals surface area contributed by atoms with Gasteiger partial charge in [-0.2, -0.15) is 0 Å². The van der Waals surface area contributed by atoms with Gasteiger partial charge in [0.05, 0.1) is 6.61 Å². The second kappa shape index (κ2) is 6.63. The smallest absolute Gasteiger partial charge is 0.407 e. The Morgan fingerprint density at radius 3 is 2.32 bits per heavy atom. The Hall–Kier alpha value is -1.46. The lowest BCUT2D eigenvalue weighted by molar-refractivity contribution is 0.138. The molecule has 0 spiro atoms. The third kappa shape index (κ3) is 5.81. The van der Waals surface area contributed by atoms with Gasteiger partial charge in [-0.15, -0.1) is 0 Å². The van der Waals surface area contributed by atoms with Crippen molar-refractivity contribution in [1.82, 2.24) is 15.5 Å². The number of ether oxygens (including phenoxy) is 1. The third-order valence-electron chi connectivity index (χ3n) is 2.86. The first-order valence-corrected chi connectivity index (χ1v) is 6.82. The maximum Gasteiger partial charge on any atom is 0.407 e. The van der Waals surface area contributed by atoms with Crippen LogP contribution >= 0.6 is 0 Å². The van der Waals surface area contributed by atoms with Gasteiger partial charge in [0.2, 0.25) is 0 Å². The van der Waals surface area contributed by atoms with Gasteiger partial charge in [0.25, 0.3) is 0 Å². The molecule has 0 bridgehead atoms. The van der Waals surface area contributed by atoms with Gasteiger partial charge in [-0.1, -0.05) is 0 Å². The van der Waals surface area contributed by atoms with Crippen LogP contribution in [0.4, 0.5) is 9.59 Å². The SMILES string of the molecule is CCOC(=O)NC1CCN(C(=O)NC(C)(C)C)CC1. The molecule has 0 aromatic carbocycles. The van der Waals surface area contributed by atoms with E-state index in [-0.39, 0.29) is 23.7 Å². The number of hydrogen-bond donors (Lipinski definition) is 2. The second-order valence-corrected chi connectivity index (χ2v) is 5.81. The molecule has 0 aromatic rings. The second-order valence-electron chi connectivity index (χ2n) is 5.81. The molecule has 19 heavy (non-hydrogen) atoms. The fraction of sp³-hybridized carbons (Fsp3) is 0.846. The minimum atomic E-state index is -0.375. The fourth-order valence-electron chi connectivity index (χ4n) is 1.97. The first-order chi connectivity index (χ1) is 8.81. The minimum absolute atomic E-state index is 0.0397. The number of carbonyl (C=O) groups excluding carboxylic acids is 2. The lowest BCUT2D eigenvalue weighted by atomic mass is 10.1. The monoisotopic (exact) mass is 271 g/mol. The van der Waals surface area contributed by atoms with Crippen LogP contribution in [0, 0.1) is 0 Å². The summed E-state index contributed by atoms with van der Waals surface area (Å²) >= 11 is 0. The fourth-order valence-corrected chi connectivity index (χ4v) is 1.97. The predicted octanol–water partition coefficient (Wildman–Crippen LogP) is 1.70. The van der Waals surface area contributed by atoms with E-state index in [1.165, 1.54) is 0 Å². The van der Waals surface area contributed by atoms with E-state index in [9.17, 15) is 9.59 Å². The summed E-state index contributed by atoms with van der Waals surface area (Å²) in [5.41, 5.74) is -0.225. The van der Waals surface area contributed by atoms with Crippen molar-refractivity contribution in [2.75, 3.05) is 19.7 Å². The number of alkyl carbamates (subject to hydrolysis) is 1. The van der Waals surface area contributed by atoms with Crippen molar-refractivity contribution in [3.8, 4) is 0 Å². The summed E-state index contributed by atoms with van der Waals surface area (Å²) < 4.78 is 4.84. The lowest BCUT2D eigenvalue weighted by Gasteiger charge is -2.34. The lowest BCUT2D eigenvalue weighted by Crippen LogP contribution is -2.53. The summed E-state index contributed by atoms with van der Waals surface area (Å²) in [6, 6.07) is 0.0554. The largest absolute Gasteiger partial charge is 0.450 e. The quantitative estimate of drug-likeness (QED) is 0.803. The molecule has 0 saturated carbocycles. The molecule has 0 aromatic heterocycles. The molecule has 1 fully saturated rings. The van der Waals surface area contributed by atoms with E-state index < -0.39 is 0 Å². The molecule has 1 rings (SSSR count). The zero-order valence-corrected chi connectivity index (χ0v) is 12.3. The molecule has 0 atom stereocenters. The molecular weight excluding hydrogens is 246 g/mol. The van der Waals surface area contributed by atoms with Gasteiger partial charge in [0.1, 0.15) is 0 Å². The van der Waals surface area contributed by atoms with Crippen LogP contribution in [0.25, 0.3) is 0 Å². The Balaban J connectivity index is 2.32. The van der Waals surface area contributed by atoms with Crippen LogP contribution in [0.3, 0.4) is 0 Å². The van der Waals surface area contributed by atoms with Crippen LogP contribution in [0.5, 0.6) is 0 Å². The number of carbonyl (C=O) groups is 2. The molecule has 0 aliphatic carbocycles. The maximum absolute atomic E-state index is 11.9. The van der Waals surface area contributed by atoms with Crippen LogP contribution in [0.2, 0.25) is 0 Å². The van der Waals surface area contributed by atoms with E-state index in [0.29, 0.717) is 19.7 Å². The standard InChI is InChI=1S/C13H25N3O3/c1-5-19-12(18)14-10-6-8-16(9-7-10)11(17)15-13(2,3)4/h10H,5-9H2,1-4H3,(H,14,18)(H,15,17). The summed E-state index contributed by atoms with van der Waals surface area (Å²) in [6.45, 7) is 9.33. The van der Waals surface area contributed by atoms with Crippen LogP contribution in [0.15, 0.2) is 0 Å². The number of nitrogens with one attached hydrogen (secondary N) is 2. The van der Waals surface area contributed by atoms with Crippen molar-refractivity contribution in [3.63, 3.8) is 0 Å². The highest BCUT2D eigenvalue weighted by Gasteiger charge is 2.26. The Bertz CT molecular complexity index is 318. The summed E-state index contributed by atoms with van der Waals surface area (Å²) in [7, 11) is 0. The molecule has 6 heteroatoms. The molecule has 1 aliphatic heterocycles. The average molecular weight is 271 g/mol. The van der Waals surface area contributed by atoms with E-state index >= 15 is 0 Å². The van der Waals surface area contributed by atoms with Crippen LogP contribution in [-0.4, -0.2) is 48.3 Å².